The summed E-state index contributed by atoms with van der Waals surface area (Å²) in [4.78, 5) is 4.18. The molecule has 0 amide bonds. The Labute approximate surface area is 120 Å². The summed E-state index contributed by atoms with van der Waals surface area (Å²) in [5.41, 5.74) is 0.761. The highest BCUT2D eigenvalue weighted by atomic mass is 35.5. The molecule has 1 rings (SSSR count). The minimum absolute atomic E-state index is 0.0805. The molecule has 0 saturated carbocycles. The van der Waals surface area contributed by atoms with E-state index in [2.05, 4.69) is 4.98 Å². The molecule has 0 aliphatic rings. The normalized spacial score (nSPS) is 12.3. The molecule has 1 aromatic heterocycles. The third-order valence-electron chi connectivity index (χ3n) is 2.76. The first-order chi connectivity index (χ1) is 8.97. The van der Waals surface area contributed by atoms with Crippen molar-refractivity contribution in [2.75, 3.05) is 11.6 Å². The van der Waals surface area contributed by atoms with Crippen LogP contribution in [-0.2, 0) is 16.6 Å². The number of hydrogen-bond donors (Lipinski definition) is 0. The van der Waals surface area contributed by atoms with E-state index in [0.29, 0.717) is 18.8 Å². The lowest BCUT2D eigenvalue weighted by Crippen LogP contribution is -2.38. The topological polar surface area (TPSA) is 50.3 Å². The van der Waals surface area contributed by atoms with Gasteiger partial charge in [-0.15, -0.1) is 11.6 Å². The van der Waals surface area contributed by atoms with Gasteiger partial charge in [-0.3, -0.25) is 4.98 Å². The van der Waals surface area contributed by atoms with Crippen molar-refractivity contribution in [2.45, 2.75) is 39.3 Å². The number of nitrogens with zero attached hydrogens (tertiary/aromatic N) is 2. The van der Waals surface area contributed by atoms with Gasteiger partial charge in [0.25, 0.3) is 0 Å². The average molecular weight is 305 g/mol. The third-order valence-corrected chi connectivity index (χ3v) is 5.10. The molecule has 0 unspecified atom stereocenters. The quantitative estimate of drug-likeness (QED) is 0.548. The molecule has 4 nitrogen and oxygen atoms in total. The number of halogens is 1. The SMILES string of the molecule is CC(C)N(Cc1ccccn1)S(=O)(=O)CCCCCl. The Bertz CT molecular complexity index is 463. The summed E-state index contributed by atoms with van der Waals surface area (Å²) >= 11 is 5.58. The number of rotatable bonds is 8. The van der Waals surface area contributed by atoms with Gasteiger partial charge >= 0.3 is 0 Å². The van der Waals surface area contributed by atoms with Crippen LogP contribution in [-0.4, -0.2) is 35.4 Å². The maximum absolute atomic E-state index is 12.3. The van der Waals surface area contributed by atoms with Crippen molar-refractivity contribution in [2.24, 2.45) is 0 Å². The lowest BCUT2D eigenvalue weighted by Gasteiger charge is -2.25. The Hall–Kier alpha value is -0.650. The number of aromatic nitrogens is 1. The number of hydrogen-bond acceptors (Lipinski definition) is 3. The summed E-state index contributed by atoms with van der Waals surface area (Å²) in [5.74, 6) is 0.641. The van der Waals surface area contributed by atoms with Crippen LogP contribution >= 0.6 is 11.6 Å². The molecule has 0 atom stereocenters. The second kappa shape index (κ2) is 7.82. The van der Waals surface area contributed by atoms with E-state index in [-0.39, 0.29) is 11.8 Å². The van der Waals surface area contributed by atoms with Gasteiger partial charge in [-0.05, 0) is 38.8 Å². The molecule has 0 aliphatic carbocycles. The Morgan fingerprint density at radius 2 is 2.05 bits per heavy atom. The minimum atomic E-state index is -3.26. The average Bonchev–Trinajstić information content (AvgIpc) is 2.37. The van der Waals surface area contributed by atoms with Crippen molar-refractivity contribution in [3.8, 4) is 0 Å². The summed E-state index contributed by atoms with van der Waals surface area (Å²) in [5, 5.41) is 0. The van der Waals surface area contributed by atoms with E-state index in [1.807, 2.05) is 32.0 Å². The van der Waals surface area contributed by atoms with Gasteiger partial charge in [0, 0.05) is 18.1 Å². The van der Waals surface area contributed by atoms with Crippen molar-refractivity contribution >= 4 is 21.6 Å². The monoisotopic (exact) mass is 304 g/mol. The summed E-state index contributed by atoms with van der Waals surface area (Å²) in [6.45, 7) is 4.08. The van der Waals surface area contributed by atoms with E-state index in [0.717, 1.165) is 12.1 Å². The minimum Gasteiger partial charge on any atom is -0.260 e. The smallest absolute Gasteiger partial charge is 0.214 e. The van der Waals surface area contributed by atoms with Gasteiger partial charge in [-0.25, -0.2) is 8.42 Å². The second-order valence-electron chi connectivity index (χ2n) is 4.67. The molecule has 0 radical (unpaired) electrons. The van der Waals surface area contributed by atoms with E-state index in [4.69, 9.17) is 11.6 Å². The first-order valence-electron chi connectivity index (χ1n) is 6.43. The van der Waals surface area contributed by atoms with Crippen molar-refractivity contribution < 1.29 is 8.42 Å². The zero-order valence-corrected chi connectivity index (χ0v) is 13.0. The van der Waals surface area contributed by atoms with E-state index in [1.165, 1.54) is 4.31 Å². The molecule has 6 heteroatoms. The van der Waals surface area contributed by atoms with Crippen LogP contribution in [0.3, 0.4) is 0 Å². The molecule has 108 valence electrons. The van der Waals surface area contributed by atoms with Crippen LogP contribution in [0, 0.1) is 0 Å². The van der Waals surface area contributed by atoms with Gasteiger partial charge in [-0.2, -0.15) is 4.31 Å². The predicted octanol–water partition coefficient (Wildman–Crippen LogP) is 2.64. The molecular formula is C13H21ClN2O2S. The van der Waals surface area contributed by atoms with Crippen molar-refractivity contribution in [1.29, 1.82) is 0 Å². The van der Waals surface area contributed by atoms with E-state index >= 15 is 0 Å². The maximum atomic E-state index is 12.3. The highest BCUT2D eigenvalue weighted by Crippen LogP contribution is 2.14. The Morgan fingerprint density at radius 3 is 2.58 bits per heavy atom. The Morgan fingerprint density at radius 1 is 1.32 bits per heavy atom. The standard InChI is InChI=1S/C13H21ClN2O2S/c1-12(2)16(11-13-7-3-5-9-15-13)19(17,18)10-6-4-8-14/h3,5,7,9,12H,4,6,8,10-11H2,1-2H3. The summed E-state index contributed by atoms with van der Waals surface area (Å²) in [6.07, 6.45) is 2.99. The van der Waals surface area contributed by atoms with Crippen LogP contribution in [0.25, 0.3) is 0 Å². The van der Waals surface area contributed by atoms with Crippen LogP contribution < -0.4 is 0 Å². The van der Waals surface area contributed by atoms with Crippen LogP contribution in [0.4, 0.5) is 0 Å². The lowest BCUT2D eigenvalue weighted by molar-refractivity contribution is 0.344. The summed E-state index contributed by atoms with van der Waals surface area (Å²) < 4.78 is 26.1. The fraction of sp³-hybridized carbons (Fsp3) is 0.615. The molecule has 0 saturated heterocycles. The molecule has 0 N–H and O–H groups in total. The fourth-order valence-corrected chi connectivity index (χ4v) is 3.71. The van der Waals surface area contributed by atoms with E-state index in [1.54, 1.807) is 6.20 Å². The van der Waals surface area contributed by atoms with E-state index in [9.17, 15) is 8.42 Å². The van der Waals surface area contributed by atoms with Crippen molar-refractivity contribution in [3.05, 3.63) is 30.1 Å². The molecule has 1 heterocycles. The Balaban J connectivity index is 2.77. The number of alkyl halides is 1. The lowest BCUT2D eigenvalue weighted by atomic mass is 10.3. The molecule has 0 bridgehead atoms. The predicted molar refractivity (Wildman–Crippen MR) is 78.7 cm³/mol. The van der Waals surface area contributed by atoms with Crippen molar-refractivity contribution in [1.82, 2.24) is 9.29 Å². The van der Waals surface area contributed by atoms with Crippen LogP contribution in [0.15, 0.2) is 24.4 Å². The van der Waals surface area contributed by atoms with Gasteiger partial charge in [0.1, 0.15) is 0 Å². The largest absolute Gasteiger partial charge is 0.260 e. The number of pyridine rings is 1. The molecule has 0 spiro atoms. The van der Waals surface area contributed by atoms with Gasteiger partial charge < -0.3 is 0 Å². The fourth-order valence-electron chi connectivity index (χ4n) is 1.75. The van der Waals surface area contributed by atoms with Crippen LogP contribution in [0.1, 0.15) is 32.4 Å². The van der Waals surface area contributed by atoms with Gasteiger partial charge in [0.15, 0.2) is 0 Å². The second-order valence-corrected chi connectivity index (χ2v) is 7.09. The first-order valence-corrected chi connectivity index (χ1v) is 8.57. The first kappa shape index (κ1) is 16.4. The highest BCUT2D eigenvalue weighted by molar-refractivity contribution is 7.89. The molecular weight excluding hydrogens is 284 g/mol. The summed E-state index contributed by atoms with van der Waals surface area (Å²) in [7, 11) is -3.26. The Kier molecular flexibility index (Phi) is 6.75. The summed E-state index contributed by atoms with van der Waals surface area (Å²) in [6, 6.07) is 5.44. The van der Waals surface area contributed by atoms with Gasteiger partial charge in [-0.1, -0.05) is 6.07 Å². The van der Waals surface area contributed by atoms with Crippen molar-refractivity contribution in [3.63, 3.8) is 0 Å². The molecule has 0 aliphatic heterocycles. The molecule has 0 fully saturated rings. The van der Waals surface area contributed by atoms with Crippen LogP contribution in [0.2, 0.25) is 0 Å². The van der Waals surface area contributed by atoms with Crippen LogP contribution in [0.5, 0.6) is 0 Å². The zero-order chi connectivity index (χ0) is 14.3. The van der Waals surface area contributed by atoms with E-state index < -0.39 is 10.0 Å². The molecule has 0 aromatic carbocycles. The zero-order valence-electron chi connectivity index (χ0n) is 11.4. The van der Waals surface area contributed by atoms with Gasteiger partial charge in [0.05, 0.1) is 18.0 Å². The third kappa shape index (κ3) is 5.47. The van der Waals surface area contributed by atoms with Gasteiger partial charge in [0.2, 0.25) is 10.0 Å². The highest BCUT2D eigenvalue weighted by Gasteiger charge is 2.24. The number of sulfonamides is 1. The molecule has 1 aromatic rings. The molecule has 19 heavy (non-hydrogen) atoms. The number of unbranched alkanes of at least 4 members (excludes halogenated alkanes) is 1. The maximum Gasteiger partial charge on any atom is 0.214 e.